The number of aliphatic hydroxyl groups is 2. The van der Waals surface area contributed by atoms with Gasteiger partial charge in [0, 0.05) is 40.8 Å². The number of aromatic hydroxyl groups is 2. The summed E-state index contributed by atoms with van der Waals surface area (Å²) in [5.41, 5.74) is -2.22. The molecule has 0 saturated heterocycles. The number of ketones is 2. The number of carbonyl (C=O) groups is 3. The first kappa shape index (κ1) is 23.5. The van der Waals surface area contributed by atoms with Crippen LogP contribution in [0, 0.1) is 0 Å². The SMILES string of the molecule is CC(OC(=O)Nc1ccccc1)C1(O)Cc2c(O)c3c(c(O)c2[C@@H](O)C1)C(=O)c1ccccc1C3=O. The number of phenolic OH excluding ortho intramolecular Hbond substituents is 2. The molecule has 2 unspecified atom stereocenters. The van der Waals surface area contributed by atoms with Crippen LogP contribution < -0.4 is 5.32 Å². The lowest BCUT2D eigenvalue weighted by atomic mass is 9.72. The van der Waals surface area contributed by atoms with E-state index in [1.807, 2.05) is 0 Å². The third kappa shape index (κ3) is 3.60. The van der Waals surface area contributed by atoms with Gasteiger partial charge < -0.3 is 25.2 Å². The van der Waals surface area contributed by atoms with E-state index in [1.165, 1.54) is 19.1 Å². The fraction of sp³-hybridized carbons (Fsp3) is 0.222. The lowest BCUT2D eigenvalue weighted by molar-refractivity contribution is -0.101. The van der Waals surface area contributed by atoms with Crippen LogP contribution in [0.3, 0.4) is 0 Å². The molecular weight excluding hydrogens is 466 g/mol. The standard InChI is InChI=1S/C27H23NO8/c1-13(36-26(34)28-14-7-3-2-4-8-14)27(35)11-17-19(18(29)12-27)25(33)21-20(24(17)32)22(30)15-9-5-6-10-16(15)23(21)31/h2-10,13,18,29,32-33,35H,11-12H2,1H3,(H,28,34)/t13?,18-,27?/m0/s1. The molecule has 0 bridgehead atoms. The molecule has 2 aliphatic carbocycles. The third-order valence-electron chi connectivity index (χ3n) is 6.88. The van der Waals surface area contributed by atoms with Crippen molar-refractivity contribution in [2.45, 2.75) is 37.6 Å². The summed E-state index contributed by atoms with van der Waals surface area (Å²) in [4.78, 5) is 38.7. The summed E-state index contributed by atoms with van der Waals surface area (Å²) in [5.74, 6) is -2.54. The molecule has 9 nitrogen and oxygen atoms in total. The molecule has 0 aliphatic heterocycles. The third-order valence-corrected chi connectivity index (χ3v) is 6.88. The van der Waals surface area contributed by atoms with E-state index in [0.717, 1.165) is 0 Å². The van der Waals surface area contributed by atoms with Crippen LogP contribution in [0.5, 0.6) is 11.5 Å². The van der Waals surface area contributed by atoms with Crippen molar-refractivity contribution in [3.8, 4) is 11.5 Å². The average Bonchev–Trinajstić information content (AvgIpc) is 2.85. The first-order chi connectivity index (χ1) is 17.1. The molecule has 0 fully saturated rings. The van der Waals surface area contributed by atoms with Gasteiger partial charge in [0.1, 0.15) is 23.2 Å². The van der Waals surface area contributed by atoms with E-state index in [2.05, 4.69) is 5.32 Å². The van der Waals surface area contributed by atoms with Crippen molar-refractivity contribution in [1.82, 2.24) is 0 Å². The maximum absolute atomic E-state index is 13.2. The molecule has 3 aromatic rings. The number of hydrogen-bond acceptors (Lipinski definition) is 8. The lowest BCUT2D eigenvalue weighted by Crippen LogP contribution is -2.49. The van der Waals surface area contributed by atoms with Gasteiger partial charge in [-0.2, -0.15) is 0 Å². The molecule has 1 amide bonds. The maximum atomic E-state index is 13.2. The number of hydrogen-bond donors (Lipinski definition) is 5. The summed E-state index contributed by atoms with van der Waals surface area (Å²) in [7, 11) is 0. The smallest absolute Gasteiger partial charge is 0.411 e. The quantitative estimate of drug-likeness (QED) is 0.275. The second-order valence-corrected chi connectivity index (χ2v) is 9.08. The molecule has 0 radical (unpaired) electrons. The topological polar surface area (TPSA) is 153 Å². The van der Waals surface area contributed by atoms with Crippen molar-refractivity contribution in [3.63, 3.8) is 0 Å². The molecule has 0 heterocycles. The number of amides is 1. The summed E-state index contributed by atoms with van der Waals surface area (Å²) >= 11 is 0. The first-order valence-corrected chi connectivity index (χ1v) is 11.3. The van der Waals surface area contributed by atoms with Gasteiger partial charge in [-0.3, -0.25) is 14.9 Å². The van der Waals surface area contributed by atoms with Gasteiger partial charge in [-0.1, -0.05) is 42.5 Å². The molecule has 2 aliphatic rings. The minimum atomic E-state index is -1.85. The predicted octanol–water partition coefficient (Wildman–Crippen LogP) is 3.22. The number of fused-ring (bicyclic) bond motifs is 3. The Morgan fingerprint density at radius 3 is 2.14 bits per heavy atom. The van der Waals surface area contributed by atoms with Crippen LogP contribution in [-0.4, -0.2) is 49.8 Å². The van der Waals surface area contributed by atoms with Gasteiger partial charge in [-0.05, 0) is 19.1 Å². The van der Waals surface area contributed by atoms with Crippen molar-refractivity contribution in [3.05, 3.63) is 88.0 Å². The normalized spacial score (nSPS) is 21.1. The van der Waals surface area contributed by atoms with Crippen LogP contribution in [0.2, 0.25) is 0 Å². The van der Waals surface area contributed by atoms with Crippen LogP contribution in [0.4, 0.5) is 10.5 Å². The van der Waals surface area contributed by atoms with Crippen molar-refractivity contribution in [1.29, 1.82) is 0 Å². The Hall–Kier alpha value is -4.21. The fourth-order valence-corrected chi connectivity index (χ4v) is 4.99. The molecule has 36 heavy (non-hydrogen) atoms. The van der Waals surface area contributed by atoms with E-state index in [0.29, 0.717) is 5.69 Å². The molecule has 5 N–H and O–H groups in total. The fourth-order valence-electron chi connectivity index (χ4n) is 4.99. The van der Waals surface area contributed by atoms with Crippen molar-refractivity contribution >= 4 is 23.3 Å². The van der Waals surface area contributed by atoms with Gasteiger partial charge in [0.05, 0.1) is 17.2 Å². The lowest BCUT2D eigenvalue weighted by Gasteiger charge is -2.40. The Balaban J connectivity index is 1.50. The highest BCUT2D eigenvalue weighted by molar-refractivity contribution is 6.30. The van der Waals surface area contributed by atoms with E-state index < -0.39 is 47.0 Å². The summed E-state index contributed by atoms with van der Waals surface area (Å²) in [6.07, 6.45) is -4.21. The Labute approximate surface area is 205 Å². The van der Waals surface area contributed by atoms with Gasteiger partial charge in [-0.15, -0.1) is 0 Å². The number of aliphatic hydroxyl groups excluding tert-OH is 1. The minimum absolute atomic E-state index is 0.0746. The first-order valence-electron chi connectivity index (χ1n) is 11.3. The number of anilines is 1. The molecule has 0 saturated carbocycles. The van der Waals surface area contributed by atoms with Gasteiger partial charge in [-0.25, -0.2) is 4.79 Å². The zero-order chi connectivity index (χ0) is 25.8. The van der Waals surface area contributed by atoms with Crippen LogP contribution >= 0.6 is 0 Å². The number of ether oxygens (including phenoxy) is 1. The van der Waals surface area contributed by atoms with Gasteiger partial charge in [0.25, 0.3) is 0 Å². The van der Waals surface area contributed by atoms with Crippen molar-refractivity contribution < 1.29 is 39.5 Å². The molecule has 0 aromatic heterocycles. The second kappa shape index (κ2) is 8.47. The molecule has 5 rings (SSSR count). The van der Waals surface area contributed by atoms with Gasteiger partial charge in [0.2, 0.25) is 0 Å². The molecule has 3 atom stereocenters. The number of rotatable bonds is 3. The van der Waals surface area contributed by atoms with E-state index in [-0.39, 0.29) is 46.2 Å². The van der Waals surface area contributed by atoms with E-state index in [1.54, 1.807) is 42.5 Å². The van der Waals surface area contributed by atoms with E-state index in [9.17, 15) is 34.8 Å². The van der Waals surface area contributed by atoms with E-state index in [4.69, 9.17) is 4.74 Å². The number of phenols is 2. The Morgan fingerprint density at radius 1 is 0.972 bits per heavy atom. The van der Waals surface area contributed by atoms with Crippen LogP contribution in [0.15, 0.2) is 54.6 Å². The molecule has 184 valence electrons. The summed E-state index contributed by atoms with van der Waals surface area (Å²) < 4.78 is 5.35. The Bertz CT molecular complexity index is 1420. The van der Waals surface area contributed by atoms with Crippen molar-refractivity contribution in [2.75, 3.05) is 5.32 Å². The monoisotopic (exact) mass is 489 g/mol. The van der Waals surface area contributed by atoms with Crippen LogP contribution in [0.25, 0.3) is 0 Å². The van der Waals surface area contributed by atoms with Crippen LogP contribution in [-0.2, 0) is 11.2 Å². The van der Waals surface area contributed by atoms with Gasteiger partial charge in [0.15, 0.2) is 11.6 Å². The molecule has 0 spiro atoms. The van der Waals surface area contributed by atoms with Crippen molar-refractivity contribution in [2.24, 2.45) is 0 Å². The van der Waals surface area contributed by atoms with Crippen LogP contribution in [0.1, 0.15) is 62.4 Å². The summed E-state index contributed by atoms with van der Waals surface area (Å²) in [6, 6.07) is 14.6. The summed E-state index contributed by atoms with van der Waals surface area (Å²) in [6.45, 7) is 1.43. The predicted molar refractivity (Wildman–Crippen MR) is 127 cm³/mol. The highest BCUT2D eigenvalue weighted by Crippen LogP contribution is 2.50. The molecule has 9 heteroatoms. The Kier molecular flexibility index (Phi) is 5.54. The van der Waals surface area contributed by atoms with Gasteiger partial charge >= 0.3 is 6.09 Å². The summed E-state index contributed by atoms with van der Waals surface area (Å²) in [5, 5.41) is 46.9. The highest BCUT2D eigenvalue weighted by Gasteiger charge is 2.48. The number of benzene rings is 3. The molecular formula is C27H23NO8. The average molecular weight is 489 g/mol. The Morgan fingerprint density at radius 2 is 1.53 bits per heavy atom. The maximum Gasteiger partial charge on any atom is 0.411 e. The number of para-hydroxylation sites is 1. The zero-order valence-corrected chi connectivity index (χ0v) is 19.2. The van der Waals surface area contributed by atoms with E-state index >= 15 is 0 Å². The minimum Gasteiger partial charge on any atom is -0.507 e. The number of nitrogens with one attached hydrogen (secondary N) is 1. The largest absolute Gasteiger partial charge is 0.507 e. The second-order valence-electron chi connectivity index (χ2n) is 9.08. The highest BCUT2D eigenvalue weighted by atomic mass is 16.6. The zero-order valence-electron chi connectivity index (χ0n) is 19.2. The number of carbonyl (C=O) groups excluding carboxylic acids is 3. The molecule has 3 aromatic carbocycles.